The van der Waals surface area contributed by atoms with Gasteiger partial charge in [-0.2, -0.15) is 4.98 Å². The summed E-state index contributed by atoms with van der Waals surface area (Å²) in [6.45, 7) is 3.80. The van der Waals surface area contributed by atoms with E-state index in [9.17, 15) is 0 Å². The highest BCUT2D eigenvalue weighted by Gasteiger charge is 2.07. The highest BCUT2D eigenvalue weighted by atomic mass is 35.5. The van der Waals surface area contributed by atoms with Crippen LogP contribution in [0.4, 0.5) is 5.95 Å². The first-order valence-corrected chi connectivity index (χ1v) is 5.53. The molecule has 0 amide bonds. The zero-order valence-corrected chi connectivity index (χ0v) is 9.87. The van der Waals surface area contributed by atoms with Crippen molar-refractivity contribution < 1.29 is 4.74 Å². The molecule has 15 heavy (non-hydrogen) atoms. The zero-order chi connectivity index (χ0) is 11.1. The molecule has 1 aromatic rings. The lowest BCUT2D eigenvalue weighted by molar-refractivity contribution is 0.396. The Kier molecular flexibility index (Phi) is 5.18. The predicted octanol–water partition coefficient (Wildman–Crippen LogP) is 1.94. The van der Waals surface area contributed by atoms with E-state index in [1.807, 2.05) is 0 Å². The van der Waals surface area contributed by atoms with Gasteiger partial charge in [-0.25, -0.2) is 4.98 Å². The third-order valence-electron chi connectivity index (χ3n) is 2.05. The predicted molar refractivity (Wildman–Crippen MR) is 61.8 cm³/mol. The molecular formula is C10H16ClN3O. The fraction of sp³-hybridized carbons (Fsp3) is 0.600. The van der Waals surface area contributed by atoms with Crippen LogP contribution in [-0.4, -0.2) is 36.0 Å². The summed E-state index contributed by atoms with van der Waals surface area (Å²) in [7, 11) is 1.60. The summed E-state index contributed by atoms with van der Waals surface area (Å²) >= 11 is 5.66. The molecule has 0 fully saturated rings. The summed E-state index contributed by atoms with van der Waals surface area (Å²) in [4.78, 5) is 10.5. The molecule has 0 aliphatic carbocycles. The molecule has 0 radical (unpaired) electrons. The van der Waals surface area contributed by atoms with Gasteiger partial charge in [-0.05, 0) is 13.3 Å². The molecular weight excluding hydrogens is 214 g/mol. The summed E-state index contributed by atoms with van der Waals surface area (Å²) in [5.41, 5.74) is 0. The Bertz CT molecular complexity index is 296. The van der Waals surface area contributed by atoms with Gasteiger partial charge in [0.05, 0.1) is 7.11 Å². The van der Waals surface area contributed by atoms with E-state index in [4.69, 9.17) is 16.3 Å². The second-order valence-corrected chi connectivity index (χ2v) is 3.40. The summed E-state index contributed by atoms with van der Waals surface area (Å²) in [6, 6.07) is 1.74. The number of halogens is 1. The van der Waals surface area contributed by atoms with Gasteiger partial charge in [0.1, 0.15) is 0 Å². The van der Waals surface area contributed by atoms with Crippen molar-refractivity contribution in [3.8, 4) is 5.88 Å². The minimum Gasteiger partial charge on any atom is -0.481 e. The average Bonchev–Trinajstić information content (AvgIpc) is 2.30. The molecule has 0 atom stereocenters. The minimum atomic E-state index is 0.587. The molecule has 0 aromatic carbocycles. The summed E-state index contributed by atoms with van der Waals surface area (Å²) < 4.78 is 5.05. The van der Waals surface area contributed by atoms with Gasteiger partial charge in [0.2, 0.25) is 11.8 Å². The van der Waals surface area contributed by atoms with Gasteiger partial charge in [-0.3, -0.25) is 0 Å². The van der Waals surface area contributed by atoms with E-state index in [-0.39, 0.29) is 0 Å². The molecule has 0 N–H and O–H groups in total. The van der Waals surface area contributed by atoms with Crippen molar-refractivity contribution in [1.82, 2.24) is 9.97 Å². The Balaban J connectivity index is 2.72. The lowest BCUT2D eigenvalue weighted by Crippen LogP contribution is -2.26. The minimum absolute atomic E-state index is 0.587. The van der Waals surface area contributed by atoms with E-state index in [0.29, 0.717) is 17.7 Å². The number of anilines is 1. The largest absolute Gasteiger partial charge is 0.481 e. The maximum absolute atomic E-state index is 5.66. The lowest BCUT2D eigenvalue weighted by atomic mass is 10.4. The highest BCUT2D eigenvalue weighted by molar-refractivity contribution is 6.17. The molecule has 1 aromatic heterocycles. The van der Waals surface area contributed by atoms with E-state index in [2.05, 4.69) is 21.8 Å². The first-order chi connectivity index (χ1) is 7.31. The Labute approximate surface area is 95.2 Å². The van der Waals surface area contributed by atoms with Crippen molar-refractivity contribution in [3.63, 3.8) is 0 Å². The quantitative estimate of drug-likeness (QED) is 0.699. The number of nitrogens with zero attached hydrogens (tertiary/aromatic N) is 3. The van der Waals surface area contributed by atoms with Gasteiger partial charge in [0, 0.05) is 31.2 Å². The number of ether oxygens (including phenoxy) is 1. The molecule has 0 bridgehead atoms. The molecule has 0 saturated carbocycles. The van der Waals surface area contributed by atoms with Crippen LogP contribution in [-0.2, 0) is 0 Å². The summed E-state index contributed by atoms with van der Waals surface area (Å²) in [5.74, 6) is 1.94. The van der Waals surface area contributed by atoms with Gasteiger partial charge < -0.3 is 9.64 Å². The Hall–Kier alpha value is -1.03. The van der Waals surface area contributed by atoms with E-state index < -0.39 is 0 Å². The van der Waals surface area contributed by atoms with Crippen LogP contribution in [0.5, 0.6) is 5.88 Å². The number of aromatic nitrogens is 2. The normalized spacial score (nSPS) is 10.1. The second-order valence-electron chi connectivity index (χ2n) is 3.02. The standard InChI is InChI=1S/C10H16ClN3O/c1-3-14(8-4-6-11)10-12-7-5-9(13-10)15-2/h5,7H,3-4,6,8H2,1-2H3. The molecule has 0 unspecified atom stereocenters. The molecule has 0 aliphatic rings. The van der Waals surface area contributed by atoms with Crippen molar-refractivity contribution in [3.05, 3.63) is 12.3 Å². The lowest BCUT2D eigenvalue weighted by Gasteiger charge is -2.20. The van der Waals surface area contributed by atoms with Gasteiger partial charge in [0.15, 0.2) is 0 Å². The van der Waals surface area contributed by atoms with Crippen LogP contribution in [0.15, 0.2) is 12.3 Å². The second kappa shape index (κ2) is 6.45. The van der Waals surface area contributed by atoms with Crippen LogP contribution in [0.25, 0.3) is 0 Å². The van der Waals surface area contributed by atoms with Crippen molar-refractivity contribution in [2.75, 3.05) is 31.0 Å². The number of methoxy groups -OCH3 is 1. The monoisotopic (exact) mass is 229 g/mol. The number of rotatable bonds is 6. The van der Waals surface area contributed by atoms with Crippen LogP contribution in [0.3, 0.4) is 0 Å². The van der Waals surface area contributed by atoms with Crippen LogP contribution in [0, 0.1) is 0 Å². The first kappa shape index (κ1) is 12.0. The fourth-order valence-corrected chi connectivity index (χ4v) is 1.37. The van der Waals surface area contributed by atoms with E-state index in [1.54, 1.807) is 19.4 Å². The topological polar surface area (TPSA) is 38.2 Å². The Morgan fingerprint density at radius 3 is 2.93 bits per heavy atom. The van der Waals surface area contributed by atoms with Crippen molar-refractivity contribution in [1.29, 1.82) is 0 Å². The molecule has 5 heteroatoms. The molecule has 84 valence electrons. The molecule has 0 spiro atoms. The van der Waals surface area contributed by atoms with Crippen LogP contribution < -0.4 is 9.64 Å². The third-order valence-corrected chi connectivity index (χ3v) is 2.32. The average molecular weight is 230 g/mol. The van der Waals surface area contributed by atoms with Crippen molar-refractivity contribution in [2.45, 2.75) is 13.3 Å². The zero-order valence-electron chi connectivity index (χ0n) is 9.11. The fourth-order valence-electron chi connectivity index (χ4n) is 1.25. The summed E-state index contributed by atoms with van der Waals surface area (Å²) in [5, 5.41) is 0. The third kappa shape index (κ3) is 3.55. The maximum atomic E-state index is 5.66. The van der Waals surface area contributed by atoms with Gasteiger partial charge in [0.25, 0.3) is 0 Å². The molecule has 0 aliphatic heterocycles. The summed E-state index contributed by atoms with van der Waals surface area (Å²) in [6.07, 6.45) is 2.63. The van der Waals surface area contributed by atoms with Crippen LogP contribution in [0.1, 0.15) is 13.3 Å². The Morgan fingerprint density at radius 1 is 1.53 bits per heavy atom. The van der Waals surface area contributed by atoms with E-state index >= 15 is 0 Å². The first-order valence-electron chi connectivity index (χ1n) is 4.99. The Morgan fingerprint density at radius 2 is 2.33 bits per heavy atom. The maximum Gasteiger partial charge on any atom is 0.228 e. The van der Waals surface area contributed by atoms with Crippen LogP contribution >= 0.6 is 11.6 Å². The number of alkyl halides is 1. The van der Waals surface area contributed by atoms with Gasteiger partial charge in [-0.1, -0.05) is 0 Å². The van der Waals surface area contributed by atoms with E-state index in [1.165, 1.54) is 0 Å². The van der Waals surface area contributed by atoms with Crippen LogP contribution in [0.2, 0.25) is 0 Å². The SMILES string of the molecule is CCN(CCCCl)c1nccc(OC)n1. The van der Waals surface area contributed by atoms with Crippen molar-refractivity contribution >= 4 is 17.5 Å². The molecule has 1 rings (SSSR count). The van der Waals surface area contributed by atoms with Crippen molar-refractivity contribution in [2.24, 2.45) is 0 Å². The van der Waals surface area contributed by atoms with Gasteiger partial charge >= 0.3 is 0 Å². The van der Waals surface area contributed by atoms with E-state index in [0.717, 1.165) is 19.5 Å². The van der Waals surface area contributed by atoms with Gasteiger partial charge in [-0.15, -0.1) is 11.6 Å². The smallest absolute Gasteiger partial charge is 0.228 e. The molecule has 4 nitrogen and oxygen atoms in total. The number of hydrogen-bond acceptors (Lipinski definition) is 4. The number of hydrogen-bond donors (Lipinski definition) is 0. The molecule has 1 heterocycles. The molecule has 0 saturated heterocycles. The highest BCUT2D eigenvalue weighted by Crippen LogP contribution is 2.12.